The number of aryl methyl sites for hydroxylation is 2. The Hall–Kier alpha value is -2.54. The first-order valence-corrected chi connectivity index (χ1v) is 13.6. The van der Waals surface area contributed by atoms with Crippen LogP contribution in [-0.4, -0.2) is 36.1 Å². The molecule has 2 fully saturated rings. The SMILES string of the molecule is Cc1cc(C)c2[nH]c(=O)c(CN(C3CCCC3)C(c3nnnn3C3CCCCC3)C(C)C)cc2c1. The van der Waals surface area contributed by atoms with Crippen molar-refractivity contribution in [3.8, 4) is 0 Å². The predicted octanol–water partition coefficient (Wildman–Crippen LogP) is 5.78. The van der Waals surface area contributed by atoms with E-state index in [4.69, 9.17) is 0 Å². The molecule has 1 unspecified atom stereocenters. The average Bonchev–Trinajstić information content (AvgIpc) is 3.52. The molecule has 2 aliphatic rings. The summed E-state index contributed by atoms with van der Waals surface area (Å²) in [5.41, 5.74) is 4.12. The summed E-state index contributed by atoms with van der Waals surface area (Å²) >= 11 is 0. The number of hydrogen-bond acceptors (Lipinski definition) is 5. The number of aromatic nitrogens is 5. The van der Waals surface area contributed by atoms with E-state index in [0.29, 0.717) is 24.5 Å². The highest BCUT2D eigenvalue weighted by molar-refractivity contribution is 5.82. The van der Waals surface area contributed by atoms with Gasteiger partial charge in [-0.1, -0.05) is 57.6 Å². The zero-order chi connectivity index (χ0) is 24.5. The number of fused-ring (bicyclic) bond motifs is 1. The van der Waals surface area contributed by atoms with Crippen LogP contribution < -0.4 is 5.56 Å². The Morgan fingerprint density at radius 2 is 1.74 bits per heavy atom. The topological polar surface area (TPSA) is 79.7 Å². The maximum Gasteiger partial charge on any atom is 0.252 e. The Morgan fingerprint density at radius 1 is 1.03 bits per heavy atom. The molecular formula is C28H40N6O. The van der Waals surface area contributed by atoms with Gasteiger partial charge in [0.25, 0.3) is 5.56 Å². The van der Waals surface area contributed by atoms with Crippen LogP contribution >= 0.6 is 0 Å². The van der Waals surface area contributed by atoms with Gasteiger partial charge < -0.3 is 4.98 Å². The van der Waals surface area contributed by atoms with E-state index in [2.05, 4.69) is 76.0 Å². The fourth-order valence-electron chi connectivity index (χ4n) is 6.55. The second-order valence-electron chi connectivity index (χ2n) is 11.2. The predicted molar refractivity (Wildman–Crippen MR) is 139 cm³/mol. The van der Waals surface area contributed by atoms with E-state index in [0.717, 1.165) is 53.5 Å². The molecule has 0 saturated heterocycles. The highest BCUT2D eigenvalue weighted by atomic mass is 16.1. The van der Waals surface area contributed by atoms with E-state index in [1.165, 1.54) is 37.7 Å². The number of pyridine rings is 1. The molecule has 7 nitrogen and oxygen atoms in total. The molecule has 1 N–H and O–H groups in total. The minimum Gasteiger partial charge on any atom is -0.321 e. The van der Waals surface area contributed by atoms with Crippen molar-refractivity contribution < 1.29 is 0 Å². The monoisotopic (exact) mass is 476 g/mol. The van der Waals surface area contributed by atoms with E-state index < -0.39 is 0 Å². The van der Waals surface area contributed by atoms with Crippen LogP contribution in [0, 0.1) is 19.8 Å². The Morgan fingerprint density at radius 3 is 2.46 bits per heavy atom. The first-order chi connectivity index (χ1) is 16.9. The van der Waals surface area contributed by atoms with Gasteiger partial charge in [0, 0.05) is 18.2 Å². The number of rotatable bonds is 7. The number of benzene rings is 1. The van der Waals surface area contributed by atoms with Crippen molar-refractivity contribution in [3.05, 3.63) is 51.1 Å². The van der Waals surface area contributed by atoms with Crippen LogP contribution in [0.2, 0.25) is 0 Å². The molecule has 0 aliphatic heterocycles. The number of aromatic amines is 1. The Bertz CT molecular complexity index is 1220. The van der Waals surface area contributed by atoms with Gasteiger partial charge in [-0.3, -0.25) is 9.69 Å². The molecular weight excluding hydrogens is 436 g/mol. The van der Waals surface area contributed by atoms with Crippen LogP contribution in [0.1, 0.15) is 106 Å². The van der Waals surface area contributed by atoms with Crippen molar-refractivity contribution in [1.82, 2.24) is 30.1 Å². The third kappa shape index (κ3) is 4.92. The van der Waals surface area contributed by atoms with Crippen molar-refractivity contribution in [3.63, 3.8) is 0 Å². The van der Waals surface area contributed by atoms with E-state index in [1.54, 1.807) is 0 Å². The van der Waals surface area contributed by atoms with Crippen LogP contribution in [-0.2, 0) is 6.54 Å². The fourth-order valence-corrected chi connectivity index (χ4v) is 6.55. The minimum atomic E-state index is 0.0156. The highest BCUT2D eigenvalue weighted by Gasteiger charge is 2.36. The minimum absolute atomic E-state index is 0.0156. The van der Waals surface area contributed by atoms with Crippen LogP contribution in [0.4, 0.5) is 0 Å². The molecule has 1 aromatic carbocycles. The Labute approximate surface area is 208 Å². The first-order valence-electron chi connectivity index (χ1n) is 13.6. The zero-order valence-electron chi connectivity index (χ0n) is 21.8. The summed E-state index contributed by atoms with van der Waals surface area (Å²) in [5, 5.41) is 14.4. The second kappa shape index (κ2) is 10.2. The van der Waals surface area contributed by atoms with Crippen molar-refractivity contribution in [2.45, 2.75) is 110 Å². The largest absolute Gasteiger partial charge is 0.321 e. The van der Waals surface area contributed by atoms with Crippen LogP contribution in [0.3, 0.4) is 0 Å². The molecule has 188 valence electrons. The molecule has 5 rings (SSSR count). The maximum absolute atomic E-state index is 13.3. The van der Waals surface area contributed by atoms with E-state index in [1.807, 2.05) is 0 Å². The molecule has 0 radical (unpaired) electrons. The highest BCUT2D eigenvalue weighted by Crippen LogP contribution is 2.38. The molecule has 2 aliphatic carbocycles. The fraction of sp³-hybridized carbons (Fsp3) is 0.643. The molecule has 2 heterocycles. The first kappa shape index (κ1) is 24.2. The van der Waals surface area contributed by atoms with Crippen molar-refractivity contribution in [2.75, 3.05) is 0 Å². The van der Waals surface area contributed by atoms with Gasteiger partial charge in [0.15, 0.2) is 5.82 Å². The lowest BCUT2D eigenvalue weighted by Gasteiger charge is -2.38. The molecule has 1 atom stereocenters. The third-order valence-corrected chi connectivity index (χ3v) is 8.21. The summed E-state index contributed by atoms with van der Waals surface area (Å²) in [6.07, 6.45) is 10.9. The summed E-state index contributed by atoms with van der Waals surface area (Å²) < 4.78 is 2.13. The van der Waals surface area contributed by atoms with Gasteiger partial charge in [-0.15, -0.1) is 5.10 Å². The van der Waals surface area contributed by atoms with E-state index in [-0.39, 0.29) is 11.6 Å². The standard InChI is InChI=1S/C28H40N6O/c1-18(2)26(27-30-31-32-34(27)24-12-6-5-7-13-24)33(23-10-8-9-11-23)17-22-16-21-15-19(3)14-20(4)25(21)29-28(22)35/h14-16,18,23-24,26H,5-13,17H2,1-4H3,(H,29,35). The summed E-state index contributed by atoms with van der Waals surface area (Å²) in [6.45, 7) is 9.33. The summed E-state index contributed by atoms with van der Waals surface area (Å²) in [4.78, 5) is 19.0. The van der Waals surface area contributed by atoms with Gasteiger partial charge in [-0.25, -0.2) is 4.68 Å². The van der Waals surface area contributed by atoms with Crippen molar-refractivity contribution >= 4 is 10.9 Å². The molecule has 7 heteroatoms. The molecule has 0 amide bonds. The number of nitrogens with one attached hydrogen (secondary N) is 1. The smallest absolute Gasteiger partial charge is 0.252 e. The van der Waals surface area contributed by atoms with Crippen LogP contribution in [0.5, 0.6) is 0 Å². The molecule has 2 saturated carbocycles. The average molecular weight is 477 g/mol. The summed E-state index contributed by atoms with van der Waals surface area (Å²) in [7, 11) is 0. The lowest BCUT2D eigenvalue weighted by Crippen LogP contribution is -2.41. The lowest BCUT2D eigenvalue weighted by atomic mass is 9.94. The van der Waals surface area contributed by atoms with Gasteiger partial charge in [-0.05, 0) is 79.0 Å². The molecule has 3 aromatic rings. The van der Waals surface area contributed by atoms with E-state index in [9.17, 15) is 4.79 Å². The van der Waals surface area contributed by atoms with Crippen molar-refractivity contribution in [2.24, 2.45) is 5.92 Å². The third-order valence-electron chi connectivity index (χ3n) is 8.21. The molecule has 2 aromatic heterocycles. The molecule has 0 bridgehead atoms. The zero-order valence-corrected chi connectivity index (χ0v) is 21.8. The van der Waals surface area contributed by atoms with Crippen LogP contribution in [0.15, 0.2) is 23.0 Å². The quantitative estimate of drug-likeness (QED) is 0.468. The van der Waals surface area contributed by atoms with E-state index >= 15 is 0 Å². The number of nitrogens with zero attached hydrogens (tertiary/aromatic N) is 5. The second-order valence-corrected chi connectivity index (χ2v) is 11.2. The number of H-pyrrole nitrogens is 1. The Balaban J connectivity index is 1.55. The van der Waals surface area contributed by atoms with Gasteiger partial charge in [-0.2, -0.15) is 0 Å². The van der Waals surface area contributed by atoms with Gasteiger partial charge in [0.2, 0.25) is 0 Å². The summed E-state index contributed by atoms with van der Waals surface area (Å²) in [6, 6.07) is 7.30. The maximum atomic E-state index is 13.3. The normalized spacial score (nSPS) is 18.8. The van der Waals surface area contributed by atoms with Crippen molar-refractivity contribution in [1.29, 1.82) is 0 Å². The number of tetrazole rings is 1. The Kier molecular flexibility index (Phi) is 7.05. The summed E-state index contributed by atoms with van der Waals surface area (Å²) in [5.74, 6) is 1.30. The molecule has 0 spiro atoms. The molecule has 35 heavy (non-hydrogen) atoms. The van der Waals surface area contributed by atoms with Crippen LogP contribution in [0.25, 0.3) is 10.9 Å². The lowest BCUT2D eigenvalue weighted by molar-refractivity contribution is 0.0815. The van der Waals surface area contributed by atoms with Gasteiger partial charge >= 0.3 is 0 Å². The van der Waals surface area contributed by atoms with Gasteiger partial charge in [0.1, 0.15) is 0 Å². The van der Waals surface area contributed by atoms with Gasteiger partial charge in [0.05, 0.1) is 17.6 Å². The number of hydrogen-bond donors (Lipinski definition) is 1.